The summed E-state index contributed by atoms with van der Waals surface area (Å²) in [6, 6.07) is 3.65. The molecule has 5 nitrogen and oxygen atoms in total. The zero-order chi connectivity index (χ0) is 10.8. The van der Waals surface area contributed by atoms with E-state index in [1.54, 1.807) is 17.0 Å². The molecule has 0 unspecified atom stereocenters. The maximum absolute atomic E-state index is 11.1. The maximum atomic E-state index is 11.1. The van der Waals surface area contributed by atoms with E-state index in [-0.39, 0.29) is 5.56 Å². The molecule has 78 valence electrons. The average Bonchev–Trinajstić information content (AvgIpc) is 2.85. The van der Waals surface area contributed by atoms with Crippen molar-refractivity contribution < 1.29 is 9.90 Å². The molecule has 2 rings (SSSR count). The Morgan fingerprint density at radius 1 is 1.53 bits per heavy atom. The number of H-pyrrole nitrogens is 1. The fourth-order valence-electron chi connectivity index (χ4n) is 1.51. The fraction of sp³-hybridized carbons (Fsp3) is 0.200. The number of hydrogen-bond donors (Lipinski definition) is 2. The summed E-state index contributed by atoms with van der Waals surface area (Å²) < 4.78 is 1.68. The molecule has 0 aliphatic heterocycles. The van der Waals surface area contributed by atoms with Crippen LogP contribution in [0.4, 0.5) is 0 Å². The SMILES string of the molecule is CCc1[nH]nc(-n2cccc2)c1C(=O)O. The van der Waals surface area contributed by atoms with Crippen LogP contribution in [-0.4, -0.2) is 25.8 Å². The van der Waals surface area contributed by atoms with E-state index in [9.17, 15) is 4.79 Å². The van der Waals surface area contributed by atoms with Crippen molar-refractivity contribution in [2.75, 3.05) is 0 Å². The molecule has 0 aliphatic rings. The van der Waals surface area contributed by atoms with E-state index in [1.807, 2.05) is 19.1 Å². The molecule has 0 aromatic carbocycles. The molecule has 0 amide bonds. The lowest BCUT2D eigenvalue weighted by molar-refractivity contribution is 0.0696. The Morgan fingerprint density at radius 3 is 2.73 bits per heavy atom. The summed E-state index contributed by atoms with van der Waals surface area (Å²) in [5.41, 5.74) is 0.889. The molecule has 15 heavy (non-hydrogen) atoms. The van der Waals surface area contributed by atoms with Crippen LogP contribution in [0.5, 0.6) is 0 Å². The molecule has 5 heteroatoms. The van der Waals surface area contributed by atoms with Gasteiger partial charge in [0.05, 0.1) is 5.69 Å². The van der Waals surface area contributed by atoms with Crippen LogP contribution < -0.4 is 0 Å². The van der Waals surface area contributed by atoms with Gasteiger partial charge in [-0.3, -0.25) is 5.10 Å². The predicted octanol–water partition coefficient (Wildman–Crippen LogP) is 1.46. The number of carboxylic acid groups (broad SMARTS) is 1. The second-order valence-corrected chi connectivity index (χ2v) is 3.15. The van der Waals surface area contributed by atoms with Crippen LogP contribution in [0.3, 0.4) is 0 Å². The molecule has 0 fully saturated rings. The van der Waals surface area contributed by atoms with Gasteiger partial charge in [-0.25, -0.2) is 4.79 Å². The third-order valence-corrected chi connectivity index (χ3v) is 2.24. The van der Waals surface area contributed by atoms with Gasteiger partial charge >= 0.3 is 5.97 Å². The molecule has 2 heterocycles. The second kappa shape index (κ2) is 3.61. The quantitative estimate of drug-likeness (QED) is 0.796. The Balaban J connectivity index is 2.58. The highest BCUT2D eigenvalue weighted by Gasteiger charge is 2.19. The second-order valence-electron chi connectivity index (χ2n) is 3.15. The monoisotopic (exact) mass is 205 g/mol. The van der Waals surface area contributed by atoms with Crippen molar-refractivity contribution in [2.45, 2.75) is 13.3 Å². The Labute approximate surface area is 86.4 Å². The van der Waals surface area contributed by atoms with E-state index in [0.29, 0.717) is 17.9 Å². The largest absolute Gasteiger partial charge is 0.477 e. The Hall–Kier alpha value is -2.04. The summed E-state index contributed by atoms with van der Waals surface area (Å²) in [5.74, 6) is -0.520. The Morgan fingerprint density at radius 2 is 2.20 bits per heavy atom. The van der Waals surface area contributed by atoms with Crippen molar-refractivity contribution in [3.8, 4) is 5.82 Å². The van der Waals surface area contributed by atoms with E-state index >= 15 is 0 Å². The van der Waals surface area contributed by atoms with Gasteiger partial charge in [0, 0.05) is 12.4 Å². The van der Waals surface area contributed by atoms with E-state index in [4.69, 9.17) is 5.11 Å². The van der Waals surface area contributed by atoms with Gasteiger partial charge in [0.15, 0.2) is 5.82 Å². The van der Waals surface area contributed by atoms with Crippen molar-refractivity contribution >= 4 is 5.97 Å². The molecule has 0 atom stereocenters. The van der Waals surface area contributed by atoms with Gasteiger partial charge < -0.3 is 9.67 Å². The summed E-state index contributed by atoms with van der Waals surface area (Å²) >= 11 is 0. The topological polar surface area (TPSA) is 70.9 Å². The lowest BCUT2D eigenvalue weighted by atomic mass is 10.2. The van der Waals surface area contributed by atoms with E-state index in [1.165, 1.54) is 0 Å². The van der Waals surface area contributed by atoms with Crippen LogP contribution in [0.2, 0.25) is 0 Å². The highest BCUT2D eigenvalue weighted by Crippen LogP contribution is 2.16. The lowest BCUT2D eigenvalue weighted by Gasteiger charge is -1.99. The van der Waals surface area contributed by atoms with Crippen LogP contribution >= 0.6 is 0 Å². The zero-order valence-corrected chi connectivity index (χ0v) is 8.27. The predicted molar refractivity (Wildman–Crippen MR) is 54.3 cm³/mol. The molecule has 2 aromatic rings. The molecule has 0 saturated heterocycles. The summed E-state index contributed by atoms with van der Waals surface area (Å²) in [6.07, 6.45) is 4.15. The first-order chi connectivity index (χ1) is 7.24. The first-order valence-electron chi connectivity index (χ1n) is 4.68. The first-order valence-corrected chi connectivity index (χ1v) is 4.68. The zero-order valence-electron chi connectivity index (χ0n) is 8.27. The van der Waals surface area contributed by atoms with Crippen molar-refractivity contribution in [2.24, 2.45) is 0 Å². The molecule has 2 aromatic heterocycles. The van der Waals surface area contributed by atoms with Crippen LogP contribution in [0, 0.1) is 0 Å². The molecule has 0 saturated carbocycles. The average molecular weight is 205 g/mol. The summed E-state index contributed by atoms with van der Waals surface area (Å²) in [5, 5.41) is 15.8. The molecule has 0 aliphatic carbocycles. The molecule has 0 bridgehead atoms. The fourth-order valence-corrected chi connectivity index (χ4v) is 1.51. The Bertz CT molecular complexity index is 471. The minimum Gasteiger partial charge on any atom is -0.477 e. The van der Waals surface area contributed by atoms with Crippen LogP contribution in [0.1, 0.15) is 23.0 Å². The standard InChI is InChI=1S/C10H11N3O2/c1-2-7-8(10(14)15)9(12-11-7)13-5-3-4-6-13/h3-6H,2H2,1H3,(H,11,12)(H,14,15). The number of nitrogens with zero attached hydrogens (tertiary/aromatic N) is 2. The van der Waals surface area contributed by atoms with Gasteiger partial charge in [-0.1, -0.05) is 6.92 Å². The van der Waals surface area contributed by atoms with E-state index in [0.717, 1.165) is 0 Å². The number of aromatic nitrogens is 3. The highest BCUT2D eigenvalue weighted by molar-refractivity contribution is 5.92. The molecule has 2 N–H and O–H groups in total. The summed E-state index contributed by atoms with van der Waals surface area (Å²) in [6.45, 7) is 1.89. The third kappa shape index (κ3) is 1.52. The van der Waals surface area contributed by atoms with Gasteiger partial charge in [0.1, 0.15) is 5.56 Å². The minimum absolute atomic E-state index is 0.244. The van der Waals surface area contributed by atoms with E-state index < -0.39 is 5.97 Å². The van der Waals surface area contributed by atoms with Crippen LogP contribution in [0.15, 0.2) is 24.5 Å². The van der Waals surface area contributed by atoms with Gasteiger partial charge in [0.25, 0.3) is 0 Å². The number of carboxylic acids is 1. The van der Waals surface area contributed by atoms with Crippen LogP contribution in [0.25, 0.3) is 5.82 Å². The highest BCUT2D eigenvalue weighted by atomic mass is 16.4. The van der Waals surface area contributed by atoms with Crippen molar-refractivity contribution in [1.82, 2.24) is 14.8 Å². The number of aromatic amines is 1. The smallest absolute Gasteiger partial charge is 0.341 e. The molecular weight excluding hydrogens is 194 g/mol. The Kier molecular flexibility index (Phi) is 2.29. The first kappa shape index (κ1) is 9.51. The summed E-state index contributed by atoms with van der Waals surface area (Å²) in [7, 11) is 0. The van der Waals surface area contributed by atoms with Crippen molar-refractivity contribution in [3.05, 3.63) is 35.8 Å². The number of aromatic carboxylic acids is 1. The van der Waals surface area contributed by atoms with Crippen LogP contribution in [-0.2, 0) is 6.42 Å². The minimum atomic E-state index is -0.954. The molecule has 0 spiro atoms. The van der Waals surface area contributed by atoms with Gasteiger partial charge in [-0.15, -0.1) is 0 Å². The van der Waals surface area contributed by atoms with Gasteiger partial charge in [0.2, 0.25) is 0 Å². The number of nitrogens with one attached hydrogen (secondary N) is 1. The maximum Gasteiger partial charge on any atom is 0.341 e. The number of aryl methyl sites for hydroxylation is 1. The number of hydrogen-bond acceptors (Lipinski definition) is 2. The van der Waals surface area contributed by atoms with Crippen molar-refractivity contribution in [1.29, 1.82) is 0 Å². The molecular formula is C10H11N3O2. The normalized spacial score (nSPS) is 10.5. The summed E-state index contributed by atoms with van der Waals surface area (Å²) in [4.78, 5) is 11.1. The van der Waals surface area contributed by atoms with Gasteiger partial charge in [-0.2, -0.15) is 5.10 Å². The third-order valence-electron chi connectivity index (χ3n) is 2.24. The number of carbonyl (C=O) groups is 1. The number of rotatable bonds is 3. The van der Waals surface area contributed by atoms with E-state index in [2.05, 4.69) is 10.2 Å². The van der Waals surface area contributed by atoms with Crippen molar-refractivity contribution in [3.63, 3.8) is 0 Å². The molecule has 0 radical (unpaired) electrons. The van der Waals surface area contributed by atoms with Gasteiger partial charge in [-0.05, 0) is 18.6 Å². The lowest BCUT2D eigenvalue weighted by Crippen LogP contribution is -2.04.